The topological polar surface area (TPSA) is 131 Å². The number of aliphatic hydroxyl groups excluding tert-OH is 5. The van der Waals surface area contributed by atoms with E-state index < -0.39 is 11.7 Å². The fourth-order valence-electron chi connectivity index (χ4n) is 12.1. The van der Waals surface area contributed by atoms with Gasteiger partial charge >= 0.3 is 0 Å². The Bertz CT molecular complexity index is 3820. The second kappa shape index (κ2) is 51.3. The Hall–Kier alpha value is -7.94. The van der Waals surface area contributed by atoms with Crippen LogP contribution in [0.25, 0.3) is 0 Å². The molecule has 6 unspecified atom stereocenters. The van der Waals surface area contributed by atoms with E-state index in [1.165, 1.54) is 60.8 Å². The molecule has 7 nitrogen and oxygen atoms in total. The molecule has 7 heteroatoms. The molecular formula is C96H124O7. The smallest absolute Gasteiger partial charge is 0.125 e. The number of ether oxygens (including phenoxy) is 1. The fourth-order valence-corrected chi connectivity index (χ4v) is 12.1. The van der Waals surface area contributed by atoms with E-state index in [4.69, 9.17) is 4.74 Å². The Morgan fingerprint density at radius 3 is 1.18 bits per heavy atom. The van der Waals surface area contributed by atoms with Crippen molar-refractivity contribution in [2.75, 3.05) is 6.61 Å². The summed E-state index contributed by atoms with van der Waals surface area (Å²) < 4.78 is 5.59. The SMILES string of the molecule is C.CCCC(O)c1cccc(C#CC(O)(CC)CC)c1.CCCC(O)c1cccc(C#CC2CCCCO2)c1.CCCC(O)c1cccc(C#CCCC2CCCC2)c1.CCCC(O)c1cccc(C#CCCc2ccc(C)cc2)c1.CCCC(O)c1cccc(C#CCCc2ccccc2C)c1. The van der Waals surface area contributed by atoms with Crippen LogP contribution >= 0.6 is 0 Å². The van der Waals surface area contributed by atoms with Gasteiger partial charge in [-0.25, -0.2) is 0 Å². The van der Waals surface area contributed by atoms with Gasteiger partial charge in [0.05, 0.1) is 30.5 Å². The molecule has 0 amide bonds. The second-order valence-corrected chi connectivity index (χ2v) is 27.3. The average molecular weight is 1390 g/mol. The van der Waals surface area contributed by atoms with E-state index in [0.29, 0.717) is 12.8 Å². The standard InChI is InChI=1S/2C21H24O.C19H26O.C17H22O2.C17H24O2.CH4/c1-3-9-21(22)20-15-8-12-18(16-20)11-5-7-14-19-13-6-4-10-17(19)2;1-3-7-21(22)20-11-6-10-19(16-20)9-5-4-8-18-14-12-17(2)13-15-18;1-2-8-19(20)18-14-7-13-17(15-18)12-6-5-11-16-9-3-4-10-16;1-2-6-17(18)15-8-5-7-14(13-15)10-11-16-9-3-4-12-19-16;1-4-8-16(18)15-10-7-9-14(13-15)11-12-17(19,5-2)6-3;/h4,6,8,10,12-13,15-16,21-22H,3,7,9,14H2,1-2H3;6,10-16,21-22H,3-4,7-8H2,1-2H3;7,13-16,19-20H,2-5,8-11H2,1H3;5,7-8,13,16-18H,2-4,6,9,12H2,1H3;7,9-10,13,16,18-19H,4-6,8H2,1-3H3;1H4. The zero-order valence-electron chi connectivity index (χ0n) is 63.2. The lowest BCUT2D eigenvalue weighted by molar-refractivity contribution is 0.0525. The first-order valence-electron chi connectivity index (χ1n) is 38.4. The van der Waals surface area contributed by atoms with Gasteiger partial charge in [-0.3, -0.25) is 0 Å². The molecule has 0 bridgehead atoms. The van der Waals surface area contributed by atoms with Crippen molar-refractivity contribution in [3.8, 4) is 59.2 Å². The third-order valence-corrected chi connectivity index (χ3v) is 18.6. The molecule has 6 atom stereocenters. The largest absolute Gasteiger partial charge is 0.388 e. The molecule has 2 aliphatic rings. The van der Waals surface area contributed by atoms with Gasteiger partial charge in [0.1, 0.15) is 11.7 Å². The Balaban J connectivity index is 0.000000272. The summed E-state index contributed by atoms with van der Waals surface area (Å²) in [6.45, 7) is 19.3. The minimum absolute atomic E-state index is 0. The second-order valence-electron chi connectivity index (χ2n) is 27.3. The summed E-state index contributed by atoms with van der Waals surface area (Å²) in [6, 6.07) is 56.5. The van der Waals surface area contributed by atoms with Crippen LogP contribution in [0.15, 0.2) is 170 Å². The molecule has 7 aromatic rings. The van der Waals surface area contributed by atoms with Gasteiger partial charge in [0, 0.05) is 53.7 Å². The van der Waals surface area contributed by atoms with Gasteiger partial charge in [-0.2, -0.15) is 0 Å². The van der Waals surface area contributed by atoms with Gasteiger partial charge in [0.15, 0.2) is 0 Å². The Kier molecular flexibility index (Phi) is 43.5. The van der Waals surface area contributed by atoms with Gasteiger partial charge < -0.3 is 35.4 Å². The van der Waals surface area contributed by atoms with Crippen LogP contribution in [0.1, 0.15) is 312 Å². The summed E-state index contributed by atoms with van der Waals surface area (Å²) in [5, 5.41) is 60.2. The van der Waals surface area contributed by atoms with E-state index in [0.717, 1.165) is 177 Å². The monoisotopic (exact) mass is 1390 g/mol. The van der Waals surface area contributed by atoms with E-state index in [-0.39, 0.29) is 37.9 Å². The molecule has 1 heterocycles. The van der Waals surface area contributed by atoms with Crippen molar-refractivity contribution < 1.29 is 35.4 Å². The van der Waals surface area contributed by atoms with Crippen LogP contribution in [0.3, 0.4) is 0 Å². The van der Waals surface area contributed by atoms with Crippen molar-refractivity contribution >= 4 is 0 Å². The van der Waals surface area contributed by atoms with E-state index in [1.54, 1.807) is 0 Å². The lowest BCUT2D eigenvalue weighted by atomic mass is 9.97. The lowest BCUT2D eigenvalue weighted by Gasteiger charge is -2.17. The maximum Gasteiger partial charge on any atom is 0.125 e. The molecule has 7 aromatic carbocycles. The molecule has 6 N–H and O–H groups in total. The average Bonchev–Trinajstić information content (AvgIpc) is 1.39. The normalized spacial score (nSPS) is 14.3. The summed E-state index contributed by atoms with van der Waals surface area (Å²) in [5.74, 6) is 32.6. The zero-order valence-corrected chi connectivity index (χ0v) is 63.2. The molecule has 1 saturated carbocycles. The van der Waals surface area contributed by atoms with Crippen molar-refractivity contribution in [1.82, 2.24) is 0 Å². The van der Waals surface area contributed by atoms with Gasteiger partial charge in [0.2, 0.25) is 0 Å². The predicted molar refractivity (Wildman–Crippen MR) is 432 cm³/mol. The highest BCUT2D eigenvalue weighted by atomic mass is 16.5. The summed E-state index contributed by atoms with van der Waals surface area (Å²) in [4.78, 5) is 0. The molecule has 103 heavy (non-hydrogen) atoms. The number of aliphatic hydroxyl groups is 6. The highest BCUT2D eigenvalue weighted by Gasteiger charge is 2.19. The molecule has 9 rings (SSSR count). The molecule has 1 aliphatic carbocycles. The van der Waals surface area contributed by atoms with E-state index in [1.807, 2.05) is 135 Å². The fraction of sp³-hybridized carbons (Fsp3) is 0.458. The summed E-state index contributed by atoms with van der Waals surface area (Å²) >= 11 is 0. The predicted octanol–water partition coefficient (Wildman–Crippen LogP) is 22.0. The molecule has 2 fully saturated rings. The van der Waals surface area contributed by atoms with Crippen molar-refractivity contribution in [3.05, 3.63) is 248 Å². The van der Waals surface area contributed by atoms with E-state index >= 15 is 0 Å². The molecule has 0 radical (unpaired) electrons. The Labute approximate surface area is 623 Å². The molecule has 1 aliphatic heterocycles. The molecular weight excluding hydrogens is 1270 g/mol. The zero-order chi connectivity index (χ0) is 73.6. The Morgan fingerprint density at radius 2 is 0.796 bits per heavy atom. The van der Waals surface area contributed by atoms with E-state index in [2.05, 4.69) is 156 Å². The van der Waals surface area contributed by atoms with Crippen LogP contribution in [0, 0.1) is 79.0 Å². The van der Waals surface area contributed by atoms with Crippen molar-refractivity contribution in [3.63, 3.8) is 0 Å². The number of hydrogen-bond donors (Lipinski definition) is 6. The number of rotatable bonds is 23. The third-order valence-electron chi connectivity index (χ3n) is 18.6. The summed E-state index contributed by atoms with van der Waals surface area (Å²) in [5.41, 5.74) is 14.0. The third kappa shape index (κ3) is 34.9. The quantitative estimate of drug-likeness (QED) is 0.0352. The van der Waals surface area contributed by atoms with Gasteiger partial charge in [0.25, 0.3) is 0 Å². The lowest BCUT2D eigenvalue weighted by Crippen LogP contribution is -2.23. The van der Waals surface area contributed by atoms with Crippen LogP contribution in [-0.2, 0) is 17.6 Å². The van der Waals surface area contributed by atoms with E-state index in [9.17, 15) is 30.6 Å². The van der Waals surface area contributed by atoms with Crippen LogP contribution in [0.4, 0.5) is 0 Å². The van der Waals surface area contributed by atoms with Crippen molar-refractivity contribution in [2.24, 2.45) is 5.92 Å². The van der Waals surface area contributed by atoms with Gasteiger partial charge in [-0.1, -0.05) is 288 Å². The first-order valence-corrected chi connectivity index (χ1v) is 38.4. The maximum absolute atomic E-state index is 10.1. The minimum Gasteiger partial charge on any atom is -0.388 e. The molecule has 0 spiro atoms. The van der Waals surface area contributed by atoms with Gasteiger partial charge in [-0.05, 0) is 208 Å². The Morgan fingerprint density at radius 1 is 0.417 bits per heavy atom. The minimum atomic E-state index is -0.905. The van der Waals surface area contributed by atoms with Crippen LogP contribution in [-0.4, -0.2) is 49.0 Å². The van der Waals surface area contributed by atoms with Gasteiger partial charge in [-0.15, -0.1) is 0 Å². The summed E-state index contributed by atoms with van der Waals surface area (Å²) in [6.07, 6.45) is 23.2. The molecule has 1 saturated heterocycles. The van der Waals surface area contributed by atoms with Crippen LogP contribution in [0.5, 0.6) is 0 Å². The maximum atomic E-state index is 10.1. The van der Waals surface area contributed by atoms with Crippen LogP contribution < -0.4 is 0 Å². The first kappa shape index (κ1) is 87.5. The van der Waals surface area contributed by atoms with Crippen molar-refractivity contribution in [1.29, 1.82) is 0 Å². The van der Waals surface area contributed by atoms with Crippen molar-refractivity contribution in [2.45, 2.75) is 272 Å². The number of aryl methyl sites for hydroxylation is 4. The first-order chi connectivity index (χ1) is 49.5. The highest BCUT2D eigenvalue weighted by molar-refractivity contribution is 5.43. The highest BCUT2D eigenvalue weighted by Crippen LogP contribution is 2.29. The summed E-state index contributed by atoms with van der Waals surface area (Å²) in [7, 11) is 0. The molecule has 0 aromatic heterocycles. The molecule has 550 valence electrons. The number of benzene rings is 7. The van der Waals surface area contributed by atoms with Crippen LogP contribution in [0.2, 0.25) is 0 Å². The number of hydrogen-bond acceptors (Lipinski definition) is 7.